The second kappa shape index (κ2) is 4.71. The van der Waals surface area contributed by atoms with Gasteiger partial charge in [-0.15, -0.1) is 0 Å². The Hall–Kier alpha value is -1.38. The third-order valence-electron chi connectivity index (χ3n) is 1.99. The SMILES string of the molecule is CC(C)(C)OC(=O)Nc1ncc2c(I)c[nH]c2n1. The third-order valence-corrected chi connectivity index (χ3v) is 2.89. The highest BCUT2D eigenvalue weighted by Crippen LogP contribution is 2.18. The lowest BCUT2D eigenvalue weighted by atomic mass is 10.2. The Bertz CT molecular complexity index is 588. The Morgan fingerprint density at radius 1 is 1.50 bits per heavy atom. The maximum Gasteiger partial charge on any atom is 0.414 e. The van der Waals surface area contributed by atoms with Crippen LogP contribution in [-0.4, -0.2) is 26.6 Å². The number of carbonyl (C=O) groups excluding carboxylic acids is 1. The molecule has 0 unspecified atom stereocenters. The van der Waals surface area contributed by atoms with Crippen molar-refractivity contribution < 1.29 is 9.53 Å². The van der Waals surface area contributed by atoms with Gasteiger partial charge in [-0.05, 0) is 43.4 Å². The first-order chi connectivity index (χ1) is 8.35. The van der Waals surface area contributed by atoms with Gasteiger partial charge in [0.15, 0.2) is 0 Å². The second-order valence-electron chi connectivity index (χ2n) is 4.72. The van der Waals surface area contributed by atoms with Crippen LogP contribution in [0.5, 0.6) is 0 Å². The first-order valence-electron chi connectivity index (χ1n) is 5.35. The van der Waals surface area contributed by atoms with Crippen LogP contribution in [0.1, 0.15) is 20.8 Å². The van der Waals surface area contributed by atoms with Crippen molar-refractivity contribution in [2.75, 3.05) is 5.32 Å². The minimum Gasteiger partial charge on any atom is -0.444 e. The van der Waals surface area contributed by atoms with E-state index in [1.807, 2.05) is 6.20 Å². The molecule has 6 nitrogen and oxygen atoms in total. The number of amides is 1. The molecule has 0 radical (unpaired) electrons. The summed E-state index contributed by atoms with van der Waals surface area (Å²) in [4.78, 5) is 22.8. The summed E-state index contributed by atoms with van der Waals surface area (Å²) in [7, 11) is 0. The normalized spacial score (nSPS) is 11.6. The largest absolute Gasteiger partial charge is 0.444 e. The molecule has 0 saturated heterocycles. The molecule has 0 aliphatic rings. The van der Waals surface area contributed by atoms with Crippen molar-refractivity contribution in [1.82, 2.24) is 15.0 Å². The maximum absolute atomic E-state index is 11.5. The van der Waals surface area contributed by atoms with E-state index >= 15 is 0 Å². The molecule has 96 valence electrons. The summed E-state index contributed by atoms with van der Waals surface area (Å²) >= 11 is 2.19. The van der Waals surface area contributed by atoms with Gasteiger partial charge in [0.25, 0.3) is 0 Å². The summed E-state index contributed by atoms with van der Waals surface area (Å²) in [5.41, 5.74) is 0.135. The lowest BCUT2D eigenvalue weighted by molar-refractivity contribution is 0.0634. The van der Waals surface area contributed by atoms with Crippen molar-refractivity contribution in [3.8, 4) is 0 Å². The van der Waals surface area contributed by atoms with Gasteiger partial charge in [0, 0.05) is 16.0 Å². The number of nitrogens with zero attached hydrogens (tertiary/aromatic N) is 2. The summed E-state index contributed by atoms with van der Waals surface area (Å²) in [5, 5.41) is 3.42. The molecule has 2 heterocycles. The van der Waals surface area contributed by atoms with Crippen molar-refractivity contribution in [3.63, 3.8) is 0 Å². The predicted octanol–water partition coefficient (Wildman–Crippen LogP) is 2.91. The molecule has 0 fully saturated rings. The monoisotopic (exact) mass is 360 g/mol. The summed E-state index contributed by atoms with van der Waals surface area (Å²) in [6.07, 6.45) is 2.92. The summed E-state index contributed by atoms with van der Waals surface area (Å²) < 4.78 is 6.15. The molecule has 2 aromatic rings. The minimum atomic E-state index is -0.567. The number of hydrogen-bond donors (Lipinski definition) is 2. The van der Waals surface area contributed by atoms with Crippen molar-refractivity contribution in [3.05, 3.63) is 16.0 Å². The van der Waals surface area contributed by atoms with Crippen molar-refractivity contribution in [2.45, 2.75) is 26.4 Å². The highest BCUT2D eigenvalue weighted by Gasteiger charge is 2.17. The van der Waals surface area contributed by atoms with Crippen LogP contribution < -0.4 is 5.32 Å². The van der Waals surface area contributed by atoms with Crippen LogP contribution in [0.25, 0.3) is 11.0 Å². The number of H-pyrrole nitrogens is 1. The van der Waals surface area contributed by atoms with Crippen LogP contribution in [-0.2, 0) is 4.74 Å². The van der Waals surface area contributed by atoms with E-state index in [0.717, 1.165) is 8.96 Å². The van der Waals surface area contributed by atoms with E-state index < -0.39 is 11.7 Å². The van der Waals surface area contributed by atoms with Gasteiger partial charge in [0.05, 0.1) is 5.39 Å². The zero-order valence-electron chi connectivity index (χ0n) is 10.2. The summed E-state index contributed by atoms with van der Waals surface area (Å²) in [6, 6.07) is 0. The number of aromatic amines is 1. The first kappa shape index (κ1) is 13.1. The second-order valence-corrected chi connectivity index (χ2v) is 5.88. The summed E-state index contributed by atoms with van der Waals surface area (Å²) in [6.45, 7) is 5.39. The van der Waals surface area contributed by atoms with Crippen LogP contribution >= 0.6 is 22.6 Å². The van der Waals surface area contributed by atoms with E-state index in [2.05, 4.69) is 42.9 Å². The van der Waals surface area contributed by atoms with Crippen LogP contribution in [0.4, 0.5) is 10.7 Å². The minimum absolute atomic E-state index is 0.218. The molecule has 0 saturated carbocycles. The molecule has 2 aromatic heterocycles. The topological polar surface area (TPSA) is 79.9 Å². The standard InChI is InChI=1S/C11H13IN4O2/c1-11(2,3)18-10(17)16-9-14-4-6-7(12)5-13-8(6)15-9/h4-5H,1-3H3,(H2,13,14,15,16,17). The van der Waals surface area contributed by atoms with E-state index in [4.69, 9.17) is 4.74 Å². The zero-order valence-corrected chi connectivity index (χ0v) is 12.4. The number of hydrogen-bond acceptors (Lipinski definition) is 4. The summed E-state index contributed by atoms with van der Waals surface area (Å²) in [5.74, 6) is 0.218. The van der Waals surface area contributed by atoms with E-state index in [0.29, 0.717) is 5.65 Å². The number of fused-ring (bicyclic) bond motifs is 1. The average Bonchev–Trinajstić information content (AvgIpc) is 2.57. The van der Waals surface area contributed by atoms with E-state index in [-0.39, 0.29) is 5.95 Å². The molecule has 2 N–H and O–H groups in total. The smallest absolute Gasteiger partial charge is 0.414 e. The maximum atomic E-state index is 11.5. The highest BCUT2D eigenvalue weighted by molar-refractivity contribution is 14.1. The molecular formula is C11H13IN4O2. The molecule has 0 atom stereocenters. The lowest BCUT2D eigenvalue weighted by Crippen LogP contribution is -2.27. The van der Waals surface area contributed by atoms with E-state index in [1.165, 1.54) is 0 Å². The van der Waals surface area contributed by atoms with Gasteiger partial charge < -0.3 is 9.72 Å². The van der Waals surface area contributed by atoms with Gasteiger partial charge in [-0.2, -0.15) is 4.98 Å². The molecule has 18 heavy (non-hydrogen) atoms. The van der Waals surface area contributed by atoms with E-state index in [1.54, 1.807) is 27.0 Å². The van der Waals surface area contributed by atoms with Crippen LogP contribution in [0, 0.1) is 3.57 Å². The van der Waals surface area contributed by atoms with Gasteiger partial charge in [0.1, 0.15) is 11.2 Å². The number of halogens is 1. The zero-order chi connectivity index (χ0) is 13.3. The van der Waals surface area contributed by atoms with Crippen molar-refractivity contribution >= 4 is 45.7 Å². The first-order valence-corrected chi connectivity index (χ1v) is 6.43. The Labute approximate surface area is 118 Å². The fraction of sp³-hybridized carbons (Fsp3) is 0.364. The molecular weight excluding hydrogens is 347 g/mol. The van der Waals surface area contributed by atoms with Crippen molar-refractivity contribution in [1.29, 1.82) is 0 Å². The number of carbonyl (C=O) groups is 1. The number of rotatable bonds is 1. The van der Waals surface area contributed by atoms with Crippen molar-refractivity contribution in [2.24, 2.45) is 0 Å². The average molecular weight is 360 g/mol. The Morgan fingerprint density at radius 2 is 2.22 bits per heavy atom. The van der Waals surface area contributed by atoms with Gasteiger partial charge >= 0.3 is 6.09 Å². The molecule has 0 spiro atoms. The number of nitrogens with one attached hydrogen (secondary N) is 2. The Morgan fingerprint density at radius 3 is 2.89 bits per heavy atom. The van der Waals surface area contributed by atoms with Gasteiger partial charge in [-0.1, -0.05) is 0 Å². The molecule has 7 heteroatoms. The predicted molar refractivity (Wildman–Crippen MR) is 76.5 cm³/mol. The lowest BCUT2D eigenvalue weighted by Gasteiger charge is -2.19. The molecule has 0 bridgehead atoms. The Kier molecular flexibility index (Phi) is 3.42. The van der Waals surface area contributed by atoms with Crippen LogP contribution in [0.2, 0.25) is 0 Å². The number of aromatic nitrogens is 3. The molecule has 0 aromatic carbocycles. The van der Waals surface area contributed by atoms with Gasteiger partial charge in [0.2, 0.25) is 5.95 Å². The van der Waals surface area contributed by atoms with Gasteiger partial charge in [-0.25, -0.2) is 9.78 Å². The number of ether oxygens (including phenoxy) is 1. The quantitative estimate of drug-likeness (QED) is 0.767. The van der Waals surface area contributed by atoms with Gasteiger partial charge in [-0.3, -0.25) is 5.32 Å². The molecule has 0 aliphatic heterocycles. The van der Waals surface area contributed by atoms with Crippen LogP contribution in [0.3, 0.4) is 0 Å². The molecule has 1 amide bonds. The molecule has 0 aliphatic carbocycles. The highest BCUT2D eigenvalue weighted by atomic mass is 127. The number of anilines is 1. The third kappa shape index (κ3) is 3.09. The fourth-order valence-corrected chi connectivity index (χ4v) is 1.88. The van der Waals surface area contributed by atoms with E-state index in [9.17, 15) is 4.79 Å². The van der Waals surface area contributed by atoms with Crippen LogP contribution in [0.15, 0.2) is 12.4 Å². The fourth-order valence-electron chi connectivity index (χ4n) is 1.33. The molecule has 2 rings (SSSR count). The Balaban J connectivity index is 2.15.